The molecule has 0 aliphatic carbocycles. The van der Waals surface area contributed by atoms with Gasteiger partial charge in [0.25, 0.3) is 0 Å². The molecule has 5 rings (SSSR count). The fourth-order valence-corrected chi connectivity index (χ4v) is 6.95. The standard InChI is InChI=1S/C33H43N3O7/c1-4-5-17-35-18-11-16-33-28(31(40)36(29(33)32(35)41)24(19-37)21(2)3)27-25(43-33)14-9-10-15-26(38)42-20-23(34-30(27)39)22-12-7-6-8-13-22/h6-9,11-14,16,21,23-25,27-29,37H,4-5,10,15,17-20H2,1-3H3,(H,34,39)/b14-9-/t23-,24+,25+,27-,28-,29+,33-/m1/s1. The van der Waals surface area contributed by atoms with E-state index < -0.39 is 47.6 Å². The molecule has 4 aliphatic rings. The molecule has 1 spiro atoms. The van der Waals surface area contributed by atoms with E-state index in [-0.39, 0.29) is 43.3 Å². The van der Waals surface area contributed by atoms with Crippen molar-refractivity contribution in [2.75, 3.05) is 26.3 Å². The highest BCUT2D eigenvalue weighted by atomic mass is 16.5. The number of likely N-dealkylation sites (tertiary alicyclic amines) is 1. The van der Waals surface area contributed by atoms with Crippen molar-refractivity contribution in [2.45, 2.75) is 76.3 Å². The molecule has 4 heterocycles. The highest BCUT2D eigenvalue weighted by molar-refractivity contribution is 6.00. The second-order valence-electron chi connectivity index (χ2n) is 12.2. The first-order chi connectivity index (χ1) is 20.7. The maximum atomic E-state index is 14.6. The molecule has 1 aromatic carbocycles. The topological polar surface area (TPSA) is 125 Å². The molecule has 3 amide bonds. The molecule has 43 heavy (non-hydrogen) atoms. The monoisotopic (exact) mass is 593 g/mol. The van der Waals surface area contributed by atoms with Crippen molar-refractivity contribution in [3.8, 4) is 0 Å². The van der Waals surface area contributed by atoms with Crippen LogP contribution in [0, 0.1) is 17.8 Å². The first-order valence-corrected chi connectivity index (χ1v) is 15.5. The summed E-state index contributed by atoms with van der Waals surface area (Å²) in [6.45, 7) is 6.39. The van der Waals surface area contributed by atoms with Crippen molar-refractivity contribution in [3.63, 3.8) is 0 Å². The number of nitrogens with one attached hydrogen (secondary N) is 1. The Morgan fingerprint density at radius 3 is 2.56 bits per heavy atom. The van der Waals surface area contributed by atoms with Gasteiger partial charge in [-0.25, -0.2) is 0 Å². The molecule has 4 aliphatic heterocycles. The van der Waals surface area contributed by atoms with Crippen LogP contribution < -0.4 is 5.32 Å². The van der Waals surface area contributed by atoms with Crippen molar-refractivity contribution >= 4 is 23.7 Å². The van der Waals surface area contributed by atoms with E-state index in [0.717, 1.165) is 18.4 Å². The summed E-state index contributed by atoms with van der Waals surface area (Å²) in [5.41, 5.74) is -0.640. The largest absolute Gasteiger partial charge is 0.463 e. The number of ether oxygens (including phenoxy) is 2. The minimum Gasteiger partial charge on any atom is -0.463 e. The zero-order valence-electron chi connectivity index (χ0n) is 25.2. The summed E-state index contributed by atoms with van der Waals surface area (Å²) >= 11 is 0. The molecule has 2 N–H and O–H groups in total. The number of carbonyl (C=O) groups is 4. The summed E-state index contributed by atoms with van der Waals surface area (Å²) in [7, 11) is 0. The average molecular weight is 594 g/mol. The molecule has 0 aromatic heterocycles. The van der Waals surface area contributed by atoms with Crippen LogP contribution in [0.15, 0.2) is 54.6 Å². The van der Waals surface area contributed by atoms with Gasteiger partial charge in [-0.2, -0.15) is 0 Å². The van der Waals surface area contributed by atoms with Crippen molar-refractivity contribution in [3.05, 3.63) is 60.2 Å². The molecule has 7 atom stereocenters. The van der Waals surface area contributed by atoms with Gasteiger partial charge in [0.15, 0.2) is 0 Å². The minimum atomic E-state index is -1.40. The number of aliphatic hydroxyl groups excluding tert-OH is 1. The Hall–Kier alpha value is -3.50. The maximum absolute atomic E-state index is 14.6. The molecular formula is C33H43N3O7. The van der Waals surface area contributed by atoms with Gasteiger partial charge in [0, 0.05) is 19.5 Å². The normalized spacial score (nSPS) is 32.6. The number of carbonyl (C=O) groups excluding carboxylic acids is 4. The third-order valence-corrected chi connectivity index (χ3v) is 9.18. The summed E-state index contributed by atoms with van der Waals surface area (Å²) < 4.78 is 12.3. The number of hydrogen-bond acceptors (Lipinski definition) is 7. The van der Waals surface area contributed by atoms with Gasteiger partial charge in [-0.05, 0) is 24.3 Å². The number of cyclic esters (lactones) is 1. The quantitative estimate of drug-likeness (QED) is 0.368. The van der Waals surface area contributed by atoms with Crippen LogP contribution in [0.1, 0.15) is 58.1 Å². The van der Waals surface area contributed by atoms with E-state index in [0.29, 0.717) is 19.5 Å². The van der Waals surface area contributed by atoms with Gasteiger partial charge in [0.05, 0.1) is 36.6 Å². The molecule has 0 radical (unpaired) electrons. The van der Waals surface area contributed by atoms with Crippen LogP contribution in [0.2, 0.25) is 0 Å². The number of rotatable bonds is 7. The van der Waals surface area contributed by atoms with Crippen LogP contribution >= 0.6 is 0 Å². The molecule has 232 valence electrons. The Balaban J connectivity index is 1.60. The number of benzene rings is 1. The number of hydrogen-bond donors (Lipinski definition) is 2. The number of allylic oxidation sites excluding steroid dienone is 1. The smallest absolute Gasteiger partial charge is 0.306 e. The van der Waals surface area contributed by atoms with Crippen LogP contribution in [-0.2, 0) is 28.7 Å². The van der Waals surface area contributed by atoms with Gasteiger partial charge in [-0.15, -0.1) is 0 Å². The summed E-state index contributed by atoms with van der Waals surface area (Å²) in [5.74, 6) is -3.51. The first kappa shape index (κ1) is 30.9. The SMILES string of the molecule is CCCCN1CC=C[C@@]23O[C@H]4/C=C\CCC(=O)OC[C@H](c5ccccc5)NC(=O)[C@H]4[C@@H]2C(=O)N([C@@H](CO)C(C)C)[C@H]3C1=O. The number of nitrogens with zero attached hydrogens (tertiary/aromatic N) is 2. The van der Waals surface area contributed by atoms with Crippen molar-refractivity contribution in [1.82, 2.24) is 15.1 Å². The van der Waals surface area contributed by atoms with E-state index >= 15 is 0 Å². The van der Waals surface area contributed by atoms with Gasteiger partial charge < -0.3 is 29.7 Å². The maximum Gasteiger partial charge on any atom is 0.306 e. The summed E-state index contributed by atoms with van der Waals surface area (Å²) in [4.78, 5) is 58.8. The second kappa shape index (κ2) is 13.0. The number of aliphatic hydroxyl groups is 1. The lowest BCUT2D eigenvalue weighted by molar-refractivity contribution is -0.152. The van der Waals surface area contributed by atoms with Gasteiger partial charge in [-0.1, -0.05) is 81.8 Å². The lowest BCUT2D eigenvalue weighted by atomic mass is 9.77. The van der Waals surface area contributed by atoms with Gasteiger partial charge in [0.2, 0.25) is 17.7 Å². The van der Waals surface area contributed by atoms with Crippen molar-refractivity contribution in [2.24, 2.45) is 17.8 Å². The third kappa shape index (κ3) is 5.74. The van der Waals surface area contributed by atoms with Crippen LogP contribution in [-0.4, -0.2) is 88.7 Å². The highest BCUT2D eigenvalue weighted by Gasteiger charge is 2.72. The molecule has 10 nitrogen and oxygen atoms in total. The van der Waals surface area contributed by atoms with E-state index in [4.69, 9.17) is 9.47 Å². The molecule has 1 aromatic rings. The molecule has 0 unspecified atom stereocenters. The second-order valence-corrected chi connectivity index (χ2v) is 12.2. The molecular weight excluding hydrogens is 550 g/mol. The zero-order valence-corrected chi connectivity index (χ0v) is 25.2. The Morgan fingerprint density at radius 2 is 1.86 bits per heavy atom. The number of fused-ring (bicyclic) bond motifs is 2. The Morgan fingerprint density at radius 1 is 1.09 bits per heavy atom. The number of amides is 3. The molecule has 2 saturated heterocycles. The molecule has 0 bridgehead atoms. The predicted molar refractivity (Wildman–Crippen MR) is 158 cm³/mol. The summed E-state index contributed by atoms with van der Waals surface area (Å²) in [6, 6.07) is 6.94. The lowest BCUT2D eigenvalue weighted by Gasteiger charge is -2.39. The Labute approximate surface area is 253 Å². The third-order valence-electron chi connectivity index (χ3n) is 9.18. The molecule has 10 heteroatoms. The van der Waals surface area contributed by atoms with Crippen molar-refractivity contribution in [1.29, 1.82) is 0 Å². The van der Waals surface area contributed by atoms with E-state index in [1.165, 1.54) is 4.90 Å². The molecule has 2 fully saturated rings. The number of esters is 1. The first-order valence-electron chi connectivity index (χ1n) is 15.5. The van der Waals surface area contributed by atoms with Crippen molar-refractivity contribution < 1.29 is 33.8 Å². The highest BCUT2D eigenvalue weighted by Crippen LogP contribution is 2.53. The number of unbranched alkanes of at least 4 members (excludes halogenated alkanes) is 1. The van der Waals surface area contributed by atoms with Crippen LogP contribution in [0.3, 0.4) is 0 Å². The lowest BCUT2D eigenvalue weighted by Crippen LogP contribution is -2.59. The fraction of sp³-hybridized carbons (Fsp3) is 0.576. The van der Waals surface area contributed by atoms with E-state index in [2.05, 4.69) is 12.2 Å². The van der Waals surface area contributed by atoms with E-state index in [1.54, 1.807) is 17.1 Å². The van der Waals surface area contributed by atoms with Gasteiger partial charge in [0.1, 0.15) is 18.2 Å². The minimum absolute atomic E-state index is 0.0558. The fourth-order valence-electron chi connectivity index (χ4n) is 6.95. The van der Waals surface area contributed by atoms with E-state index in [9.17, 15) is 24.3 Å². The average Bonchev–Trinajstić information content (AvgIpc) is 3.38. The van der Waals surface area contributed by atoms with Crippen LogP contribution in [0.25, 0.3) is 0 Å². The van der Waals surface area contributed by atoms with Gasteiger partial charge >= 0.3 is 5.97 Å². The predicted octanol–water partition coefficient (Wildman–Crippen LogP) is 2.53. The summed E-state index contributed by atoms with van der Waals surface area (Å²) in [5, 5.41) is 13.5. The van der Waals surface area contributed by atoms with E-state index in [1.807, 2.05) is 56.3 Å². The zero-order chi connectivity index (χ0) is 30.7. The van der Waals surface area contributed by atoms with Gasteiger partial charge in [-0.3, -0.25) is 19.2 Å². The summed E-state index contributed by atoms with van der Waals surface area (Å²) in [6.07, 6.45) is 8.64. The van der Waals surface area contributed by atoms with Crippen LogP contribution in [0.5, 0.6) is 0 Å². The molecule has 0 saturated carbocycles. The Kier molecular flexibility index (Phi) is 9.36. The Bertz CT molecular complexity index is 1260. The van der Waals surface area contributed by atoms with Crippen LogP contribution in [0.4, 0.5) is 0 Å².